The van der Waals surface area contributed by atoms with Gasteiger partial charge in [0.25, 0.3) is 0 Å². The third kappa shape index (κ3) is 65.4. The Hall–Kier alpha value is -3.41. The lowest BCUT2D eigenvalue weighted by Crippen LogP contribution is -2.30. The normalized spacial score (nSPS) is 12.6. The number of carbonyl (C=O) groups is 3. The molecule has 0 aromatic heterocycles. The van der Waals surface area contributed by atoms with E-state index in [9.17, 15) is 14.4 Å². The van der Waals surface area contributed by atoms with Crippen LogP contribution >= 0.6 is 0 Å². The summed E-state index contributed by atoms with van der Waals surface area (Å²) < 4.78 is 16.9. The van der Waals surface area contributed by atoms with E-state index in [1.165, 1.54) is 212 Å². The van der Waals surface area contributed by atoms with Gasteiger partial charge in [-0.1, -0.05) is 298 Å². The summed E-state index contributed by atoms with van der Waals surface area (Å²) in [5.74, 6) is -0.874. The predicted molar refractivity (Wildman–Crippen MR) is 348 cm³/mol. The van der Waals surface area contributed by atoms with E-state index < -0.39 is 6.10 Å². The molecule has 0 saturated heterocycles. The summed E-state index contributed by atoms with van der Waals surface area (Å²) in [7, 11) is 0. The molecule has 0 N–H and O–H groups in total. The van der Waals surface area contributed by atoms with E-state index in [1.807, 2.05) is 0 Å². The molecule has 0 rings (SSSR count). The third-order valence-electron chi connectivity index (χ3n) is 15.1. The van der Waals surface area contributed by atoms with Gasteiger partial charge in [-0.2, -0.15) is 0 Å². The Morgan fingerprint density at radius 1 is 0.263 bits per heavy atom. The molecule has 0 aliphatic heterocycles. The Labute approximate surface area is 496 Å². The van der Waals surface area contributed by atoms with Crippen LogP contribution in [0.15, 0.2) is 85.1 Å². The van der Waals surface area contributed by atoms with E-state index in [-0.39, 0.29) is 31.1 Å². The standard InChI is InChI=1S/C74H130O6/c1-4-7-10-13-16-19-22-25-27-29-30-31-32-33-34-35-36-37-38-39-40-41-42-43-44-46-47-49-52-55-58-61-64-67-73(76)79-70-71(69-78-72(75)66-63-60-57-54-51-24-21-18-15-12-9-6-3)80-74(77)68-65-62-59-56-53-50-48-45-28-26-23-20-17-14-11-8-5-2/h7,10,16,18-19,21,25-28,30-31,33-34,71H,4-6,8-9,11-15,17,20,22-24,29,32,35-70H2,1-3H3/b10-7-,19-16-,21-18-,27-25-,28-26-,31-30-,34-33-. The average Bonchev–Trinajstić information content (AvgIpc) is 3.46. The zero-order valence-corrected chi connectivity index (χ0v) is 53.1. The first kappa shape index (κ1) is 76.6. The van der Waals surface area contributed by atoms with Crippen molar-refractivity contribution in [3.05, 3.63) is 85.1 Å². The molecule has 0 aliphatic rings. The summed E-state index contributed by atoms with van der Waals surface area (Å²) in [4.78, 5) is 38.3. The van der Waals surface area contributed by atoms with Gasteiger partial charge >= 0.3 is 17.9 Å². The fourth-order valence-electron chi connectivity index (χ4n) is 9.93. The average molecular weight is 1120 g/mol. The van der Waals surface area contributed by atoms with Crippen LogP contribution in [0.3, 0.4) is 0 Å². The molecular weight excluding hydrogens is 985 g/mol. The van der Waals surface area contributed by atoms with Crippen LogP contribution in [0.25, 0.3) is 0 Å². The van der Waals surface area contributed by atoms with Crippen molar-refractivity contribution in [1.82, 2.24) is 0 Å². The van der Waals surface area contributed by atoms with Crippen molar-refractivity contribution in [1.29, 1.82) is 0 Å². The van der Waals surface area contributed by atoms with Crippen molar-refractivity contribution >= 4 is 17.9 Å². The number of rotatable bonds is 63. The van der Waals surface area contributed by atoms with Gasteiger partial charge in [0, 0.05) is 19.3 Å². The number of esters is 3. The predicted octanol–water partition coefficient (Wildman–Crippen LogP) is 23.8. The van der Waals surface area contributed by atoms with Crippen LogP contribution in [0, 0.1) is 0 Å². The van der Waals surface area contributed by atoms with Crippen LogP contribution in [-0.2, 0) is 28.6 Å². The van der Waals surface area contributed by atoms with Crippen molar-refractivity contribution in [2.45, 2.75) is 354 Å². The molecule has 0 aromatic carbocycles. The first-order valence-electron chi connectivity index (χ1n) is 34.6. The Kier molecular flexibility index (Phi) is 65.2. The Bertz CT molecular complexity index is 1520. The molecule has 0 saturated carbocycles. The zero-order valence-electron chi connectivity index (χ0n) is 53.1. The van der Waals surface area contributed by atoms with E-state index in [0.717, 1.165) is 96.3 Å². The first-order valence-corrected chi connectivity index (χ1v) is 34.6. The molecule has 0 heterocycles. The molecular formula is C74H130O6. The molecule has 1 atom stereocenters. The van der Waals surface area contributed by atoms with Gasteiger partial charge in [0.2, 0.25) is 0 Å². The van der Waals surface area contributed by atoms with Crippen LogP contribution in [0.4, 0.5) is 0 Å². The lowest BCUT2D eigenvalue weighted by molar-refractivity contribution is -0.167. The molecule has 80 heavy (non-hydrogen) atoms. The van der Waals surface area contributed by atoms with Crippen molar-refractivity contribution in [3.63, 3.8) is 0 Å². The maximum Gasteiger partial charge on any atom is 0.306 e. The lowest BCUT2D eigenvalue weighted by atomic mass is 10.0. The van der Waals surface area contributed by atoms with E-state index in [2.05, 4.69) is 106 Å². The van der Waals surface area contributed by atoms with Crippen LogP contribution in [0.1, 0.15) is 348 Å². The Morgan fingerprint density at radius 2 is 0.487 bits per heavy atom. The van der Waals surface area contributed by atoms with Gasteiger partial charge in [0.15, 0.2) is 6.10 Å². The van der Waals surface area contributed by atoms with Gasteiger partial charge < -0.3 is 14.2 Å². The number of hydrogen-bond acceptors (Lipinski definition) is 6. The highest BCUT2D eigenvalue weighted by atomic mass is 16.6. The quantitative estimate of drug-likeness (QED) is 0.0261. The molecule has 6 heteroatoms. The monoisotopic (exact) mass is 1110 g/mol. The van der Waals surface area contributed by atoms with Crippen LogP contribution in [-0.4, -0.2) is 37.2 Å². The molecule has 0 radical (unpaired) electrons. The zero-order chi connectivity index (χ0) is 57.8. The Balaban J connectivity index is 4.15. The van der Waals surface area contributed by atoms with Gasteiger partial charge in [-0.25, -0.2) is 0 Å². The molecule has 1 unspecified atom stereocenters. The highest BCUT2D eigenvalue weighted by molar-refractivity contribution is 5.71. The van der Waals surface area contributed by atoms with E-state index in [1.54, 1.807) is 0 Å². The third-order valence-corrected chi connectivity index (χ3v) is 15.1. The summed E-state index contributed by atoms with van der Waals surface area (Å²) >= 11 is 0. The SMILES string of the molecule is CC/C=C\C/C=C\C/C=C\C/C=C\C/C=C\CCCCCCCCCCCCCCCCCCCC(=O)OCC(COC(=O)CCCCCCC/C=C\CCCCC)OC(=O)CCCCCCCCC/C=C\CCCCCCCC. The minimum Gasteiger partial charge on any atom is -0.462 e. The summed E-state index contributed by atoms with van der Waals surface area (Å²) in [6, 6.07) is 0. The second-order valence-electron chi connectivity index (χ2n) is 23.1. The highest BCUT2D eigenvalue weighted by Crippen LogP contribution is 2.17. The second kappa shape index (κ2) is 68.1. The van der Waals surface area contributed by atoms with Crippen LogP contribution in [0.2, 0.25) is 0 Å². The molecule has 0 bridgehead atoms. The first-order chi connectivity index (χ1) is 39.5. The second-order valence-corrected chi connectivity index (χ2v) is 23.1. The van der Waals surface area contributed by atoms with Crippen LogP contribution < -0.4 is 0 Å². The van der Waals surface area contributed by atoms with Gasteiger partial charge in [-0.15, -0.1) is 0 Å². The number of allylic oxidation sites excluding steroid dienone is 14. The molecule has 6 nitrogen and oxygen atoms in total. The highest BCUT2D eigenvalue weighted by Gasteiger charge is 2.19. The van der Waals surface area contributed by atoms with Gasteiger partial charge in [-0.05, 0) is 116 Å². The largest absolute Gasteiger partial charge is 0.462 e. The molecule has 0 spiro atoms. The van der Waals surface area contributed by atoms with E-state index in [0.29, 0.717) is 19.3 Å². The fraction of sp³-hybridized carbons (Fsp3) is 0.770. The van der Waals surface area contributed by atoms with Gasteiger partial charge in [0.05, 0.1) is 0 Å². The topological polar surface area (TPSA) is 78.9 Å². The van der Waals surface area contributed by atoms with E-state index in [4.69, 9.17) is 14.2 Å². The lowest BCUT2D eigenvalue weighted by Gasteiger charge is -2.18. The summed E-state index contributed by atoms with van der Waals surface area (Å²) in [5.41, 5.74) is 0. The van der Waals surface area contributed by atoms with E-state index >= 15 is 0 Å². The maximum atomic E-state index is 12.9. The molecule has 462 valence electrons. The number of hydrogen-bond donors (Lipinski definition) is 0. The molecule has 0 aliphatic carbocycles. The maximum absolute atomic E-state index is 12.9. The minimum atomic E-state index is -0.780. The molecule has 0 fully saturated rings. The van der Waals surface area contributed by atoms with Crippen molar-refractivity contribution < 1.29 is 28.6 Å². The number of unbranched alkanes of at least 4 members (excludes halogenated alkanes) is 38. The summed E-state index contributed by atoms with van der Waals surface area (Å²) in [5, 5.41) is 0. The van der Waals surface area contributed by atoms with Crippen molar-refractivity contribution in [2.75, 3.05) is 13.2 Å². The van der Waals surface area contributed by atoms with Gasteiger partial charge in [-0.3, -0.25) is 14.4 Å². The fourth-order valence-corrected chi connectivity index (χ4v) is 9.93. The number of carbonyl (C=O) groups excluding carboxylic acids is 3. The Morgan fingerprint density at radius 3 is 0.800 bits per heavy atom. The van der Waals surface area contributed by atoms with Crippen LogP contribution in [0.5, 0.6) is 0 Å². The molecule has 0 aromatic rings. The summed E-state index contributed by atoms with van der Waals surface area (Å²) in [6.45, 7) is 6.53. The molecule has 0 amide bonds. The van der Waals surface area contributed by atoms with Crippen molar-refractivity contribution in [2.24, 2.45) is 0 Å². The minimum absolute atomic E-state index is 0.0768. The summed E-state index contributed by atoms with van der Waals surface area (Å²) in [6.07, 6.45) is 90.4. The number of ether oxygens (including phenoxy) is 3. The smallest absolute Gasteiger partial charge is 0.306 e. The van der Waals surface area contributed by atoms with Crippen molar-refractivity contribution in [3.8, 4) is 0 Å². The van der Waals surface area contributed by atoms with Gasteiger partial charge in [0.1, 0.15) is 13.2 Å².